The zero-order valence-electron chi connectivity index (χ0n) is 11.1. The van der Waals surface area contributed by atoms with Gasteiger partial charge in [-0.2, -0.15) is 0 Å². The Morgan fingerprint density at radius 3 is 2.16 bits per heavy atom. The fraction of sp³-hybridized carbons (Fsp3) is 0.235. The number of rotatable bonds is 4. The maximum Gasteiger partial charge on any atom is 0.234 e. The Morgan fingerprint density at radius 1 is 0.842 bits per heavy atom. The molecule has 0 unspecified atom stereocenters. The topological polar surface area (TPSA) is 6.25 Å². The van der Waals surface area contributed by atoms with Gasteiger partial charge in [0.2, 0.25) is 6.34 Å². The zero-order chi connectivity index (χ0) is 12.9. The van der Waals surface area contributed by atoms with Crippen LogP contribution in [0, 0.1) is 0 Å². The molecule has 0 aliphatic carbocycles. The molecule has 2 aromatic carbocycles. The molecule has 1 aliphatic rings. The number of hydrogen-bond donors (Lipinski definition) is 0. The van der Waals surface area contributed by atoms with Crippen molar-refractivity contribution in [3.63, 3.8) is 0 Å². The lowest BCUT2D eigenvalue weighted by Crippen LogP contribution is -2.18. The highest BCUT2D eigenvalue weighted by Gasteiger charge is 2.19. The summed E-state index contributed by atoms with van der Waals surface area (Å²) in [5.74, 6) is 0. The maximum absolute atomic E-state index is 2.39. The third-order valence-electron chi connectivity index (χ3n) is 3.46. The molecule has 0 N–H and O–H groups in total. The number of hydrogen-bond acceptors (Lipinski definition) is 1. The van der Waals surface area contributed by atoms with E-state index in [1.807, 2.05) is 0 Å². The van der Waals surface area contributed by atoms with Gasteiger partial charge in [-0.15, -0.1) is 0 Å². The van der Waals surface area contributed by atoms with Crippen LogP contribution in [-0.4, -0.2) is 28.9 Å². The molecule has 0 amide bonds. The molecule has 96 valence electrons. The van der Waals surface area contributed by atoms with E-state index in [1.54, 1.807) is 0 Å². The van der Waals surface area contributed by atoms with Crippen molar-refractivity contribution in [2.75, 3.05) is 13.1 Å². The minimum absolute atomic E-state index is 1.01. The quantitative estimate of drug-likeness (QED) is 0.757. The van der Waals surface area contributed by atoms with E-state index in [0.29, 0.717) is 0 Å². The first-order chi connectivity index (χ1) is 9.40. The molecular weight excluding hydrogens is 232 g/mol. The number of benzene rings is 2. The Hall–Kier alpha value is -2.09. The molecular formula is C17H19N2+. The summed E-state index contributed by atoms with van der Waals surface area (Å²) in [6.45, 7) is 4.24. The molecule has 0 radical (unpaired) electrons. The van der Waals surface area contributed by atoms with Gasteiger partial charge >= 0.3 is 0 Å². The van der Waals surface area contributed by atoms with Crippen molar-refractivity contribution in [1.29, 1.82) is 0 Å². The fourth-order valence-electron chi connectivity index (χ4n) is 2.48. The lowest BCUT2D eigenvalue weighted by molar-refractivity contribution is -0.530. The van der Waals surface area contributed by atoms with E-state index in [9.17, 15) is 0 Å². The van der Waals surface area contributed by atoms with Crippen LogP contribution in [0.15, 0.2) is 60.7 Å². The molecule has 0 fully saturated rings. The van der Waals surface area contributed by atoms with E-state index >= 15 is 0 Å². The first-order valence-electron chi connectivity index (χ1n) is 6.81. The molecule has 1 aliphatic heterocycles. The molecule has 0 atom stereocenters. The second-order valence-electron chi connectivity index (χ2n) is 5.03. The second-order valence-corrected chi connectivity index (χ2v) is 5.03. The second kappa shape index (κ2) is 5.70. The third-order valence-corrected chi connectivity index (χ3v) is 3.46. The predicted molar refractivity (Wildman–Crippen MR) is 78.2 cm³/mol. The highest BCUT2D eigenvalue weighted by Crippen LogP contribution is 2.07. The Kier molecular flexibility index (Phi) is 3.59. The van der Waals surface area contributed by atoms with Gasteiger partial charge in [0.1, 0.15) is 26.2 Å². The summed E-state index contributed by atoms with van der Waals surface area (Å²) in [6, 6.07) is 21.3. The zero-order valence-corrected chi connectivity index (χ0v) is 11.1. The lowest BCUT2D eigenvalue weighted by atomic mass is 10.2. The van der Waals surface area contributed by atoms with Crippen LogP contribution >= 0.6 is 0 Å². The first-order valence-corrected chi connectivity index (χ1v) is 6.81. The molecule has 0 saturated carbocycles. The fourth-order valence-corrected chi connectivity index (χ4v) is 2.48. The highest BCUT2D eigenvalue weighted by atomic mass is 15.3. The van der Waals surface area contributed by atoms with Gasteiger partial charge in [-0.25, -0.2) is 0 Å². The summed E-state index contributed by atoms with van der Waals surface area (Å²) in [6.07, 6.45) is 2.26. The molecule has 0 aromatic heterocycles. The molecule has 0 bridgehead atoms. The molecule has 2 nitrogen and oxygen atoms in total. The molecule has 0 spiro atoms. The van der Waals surface area contributed by atoms with Crippen LogP contribution in [0.4, 0.5) is 0 Å². The van der Waals surface area contributed by atoms with E-state index in [-0.39, 0.29) is 0 Å². The van der Waals surface area contributed by atoms with Crippen molar-refractivity contribution in [1.82, 2.24) is 4.90 Å². The Balaban J connectivity index is 1.62. The summed E-state index contributed by atoms with van der Waals surface area (Å²) < 4.78 is 2.39. The molecule has 19 heavy (non-hydrogen) atoms. The maximum atomic E-state index is 2.39. The van der Waals surface area contributed by atoms with Gasteiger partial charge in [-0.1, -0.05) is 60.7 Å². The minimum atomic E-state index is 1.01. The van der Waals surface area contributed by atoms with Crippen LogP contribution in [0.25, 0.3) is 0 Å². The van der Waals surface area contributed by atoms with Crippen molar-refractivity contribution in [3.05, 3.63) is 71.8 Å². The van der Waals surface area contributed by atoms with Gasteiger partial charge in [-0.3, -0.25) is 9.48 Å². The average Bonchev–Trinajstić information content (AvgIpc) is 2.88. The van der Waals surface area contributed by atoms with Gasteiger partial charge in [0.25, 0.3) is 0 Å². The monoisotopic (exact) mass is 251 g/mol. The van der Waals surface area contributed by atoms with E-state index in [4.69, 9.17) is 0 Å². The van der Waals surface area contributed by atoms with Gasteiger partial charge in [0.15, 0.2) is 0 Å². The molecule has 3 rings (SSSR count). The Bertz CT molecular complexity index is 546. The third kappa shape index (κ3) is 3.22. The molecule has 2 aromatic rings. The highest BCUT2D eigenvalue weighted by molar-refractivity contribution is 5.50. The van der Waals surface area contributed by atoms with Gasteiger partial charge < -0.3 is 0 Å². The van der Waals surface area contributed by atoms with E-state index in [1.165, 1.54) is 11.1 Å². The summed E-state index contributed by atoms with van der Waals surface area (Å²) >= 11 is 0. The van der Waals surface area contributed by atoms with E-state index < -0.39 is 0 Å². The molecule has 0 saturated heterocycles. The molecule has 2 heteroatoms. The van der Waals surface area contributed by atoms with Gasteiger partial charge in [0, 0.05) is 0 Å². The molecule has 1 heterocycles. The van der Waals surface area contributed by atoms with Crippen molar-refractivity contribution in [2.45, 2.75) is 13.1 Å². The number of nitrogens with zero attached hydrogens (tertiary/aromatic N) is 2. The standard InChI is InChI=1S/C17H19N2/c1-3-7-16(8-4-1)13-18-11-12-19(15-18)14-17-9-5-2-6-10-17/h1-10,15H,11-14H2/q+1. The minimum Gasteiger partial charge on any atom is -0.260 e. The summed E-state index contributed by atoms with van der Waals surface area (Å²) in [4.78, 5) is 2.39. The van der Waals surface area contributed by atoms with Crippen LogP contribution < -0.4 is 0 Å². The first kappa shape index (κ1) is 12.0. The van der Waals surface area contributed by atoms with Crippen molar-refractivity contribution in [3.8, 4) is 0 Å². The Labute approximate surface area is 114 Å². The largest absolute Gasteiger partial charge is 0.260 e. The summed E-state index contributed by atoms with van der Waals surface area (Å²) in [5.41, 5.74) is 2.75. The van der Waals surface area contributed by atoms with E-state index in [0.717, 1.165) is 26.2 Å². The van der Waals surface area contributed by atoms with Gasteiger partial charge in [-0.05, 0) is 11.1 Å². The van der Waals surface area contributed by atoms with Crippen molar-refractivity contribution < 1.29 is 4.58 Å². The van der Waals surface area contributed by atoms with Crippen LogP contribution in [0.3, 0.4) is 0 Å². The van der Waals surface area contributed by atoms with Gasteiger partial charge in [0.05, 0.1) is 0 Å². The van der Waals surface area contributed by atoms with Crippen LogP contribution in [0.1, 0.15) is 11.1 Å². The van der Waals surface area contributed by atoms with Crippen LogP contribution in [0.5, 0.6) is 0 Å². The predicted octanol–water partition coefficient (Wildman–Crippen LogP) is 2.74. The normalized spacial score (nSPS) is 14.5. The van der Waals surface area contributed by atoms with Crippen LogP contribution in [-0.2, 0) is 13.1 Å². The van der Waals surface area contributed by atoms with Crippen LogP contribution in [0.2, 0.25) is 0 Å². The summed E-state index contributed by atoms with van der Waals surface area (Å²) in [7, 11) is 0. The van der Waals surface area contributed by atoms with E-state index in [2.05, 4.69) is 76.5 Å². The lowest BCUT2D eigenvalue weighted by Gasteiger charge is -2.05. The van der Waals surface area contributed by atoms with Crippen molar-refractivity contribution in [2.24, 2.45) is 0 Å². The summed E-state index contributed by atoms with van der Waals surface area (Å²) in [5, 5.41) is 0. The average molecular weight is 251 g/mol. The SMILES string of the molecule is C1=[N+](Cc2ccccc2)CCN1Cc1ccccc1. The Morgan fingerprint density at radius 2 is 1.47 bits per heavy atom. The van der Waals surface area contributed by atoms with Crippen molar-refractivity contribution >= 4 is 6.34 Å². The smallest absolute Gasteiger partial charge is 0.234 e.